The fraction of sp³-hybridized carbons (Fsp3) is 0.509. The van der Waals surface area contributed by atoms with Crippen LogP contribution in [0.2, 0.25) is 0 Å². The number of pyridine rings is 1. The predicted octanol–water partition coefficient (Wildman–Crippen LogP) is 5.94. The molecule has 22 heteroatoms. The molecule has 4 saturated heterocycles. The normalized spacial score (nSPS) is 23.5. The maximum Gasteiger partial charge on any atom is 0.254 e. The van der Waals surface area contributed by atoms with Crippen LogP contribution >= 0.6 is 11.3 Å². The van der Waals surface area contributed by atoms with Gasteiger partial charge < -0.3 is 54.7 Å². The number of rotatable bonds is 18. The molecule has 21 nitrogen and oxygen atoms in total. The van der Waals surface area contributed by atoms with Gasteiger partial charge in [-0.15, -0.1) is 21.5 Å². The van der Waals surface area contributed by atoms with Gasteiger partial charge in [-0.25, -0.2) is 19.9 Å². The molecular weight excluding hydrogens is 1000 g/mol. The number of benzene rings is 1. The van der Waals surface area contributed by atoms with Crippen LogP contribution in [0.4, 0.5) is 17.2 Å². The number of aromatic hydroxyl groups is 1. The van der Waals surface area contributed by atoms with Crippen LogP contribution in [0.3, 0.4) is 0 Å². The number of carbonyl (C=O) groups excluding carboxylic acids is 2. The maximum absolute atomic E-state index is 14.2. The molecule has 406 valence electrons. The molecule has 1 aromatic carbocycles. The molecule has 2 bridgehead atoms. The fourth-order valence-electron chi connectivity index (χ4n) is 11.6. The van der Waals surface area contributed by atoms with Gasteiger partial charge >= 0.3 is 0 Å². The molecule has 5 fully saturated rings. The number of fused-ring (bicyclic) bond motifs is 2. The van der Waals surface area contributed by atoms with Crippen molar-refractivity contribution in [2.24, 2.45) is 5.92 Å². The molecule has 9 heterocycles. The topological polar surface area (TPSA) is 257 Å². The van der Waals surface area contributed by atoms with E-state index in [0.29, 0.717) is 59.1 Å². The lowest BCUT2D eigenvalue weighted by Gasteiger charge is -2.43. The predicted molar refractivity (Wildman–Crippen MR) is 287 cm³/mol. The minimum Gasteiger partial charge on any atom is -0.507 e. The molecule has 5 N–H and O–H groups in total. The largest absolute Gasteiger partial charge is 0.507 e. The van der Waals surface area contributed by atoms with Gasteiger partial charge in [0, 0.05) is 118 Å². The van der Waals surface area contributed by atoms with Crippen molar-refractivity contribution in [1.82, 2.24) is 50.4 Å². The van der Waals surface area contributed by atoms with E-state index in [9.17, 15) is 19.8 Å². The van der Waals surface area contributed by atoms with Crippen LogP contribution in [0.5, 0.6) is 17.5 Å². The van der Waals surface area contributed by atoms with Crippen LogP contribution in [-0.4, -0.2) is 156 Å². The summed E-state index contributed by atoms with van der Waals surface area (Å²) in [6, 6.07) is 14.1. The molecule has 0 radical (unpaired) electrons. The van der Waals surface area contributed by atoms with Gasteiger partial charge in [0.15, 0.2) is 17.4 Å². The second-order valence-electron chi connectivity index (χ2n) is 21.4. The second kappa shape index (κ2) is 22.5. The Morgan fingerprint density at radius 1 is 0.896 bits per heavy atom. The number of hydrogen-bond acceptors (Lipinski definition) is 20. The maximum atomic E-state index is 14.2. The zero-order valence-corrected chi connectivity index (χ0v) is 44.7. The van der Waals surface area contributed by atoms with Gasteiger partial charge in [0.25, 0.3) is 5.88 Å². The average molecular weight is 1070 g/mol. The van der Waals surface area contributed by atoms with E-state index in [4.69, 9.17) is 24.5 Å². The number of aliphatic hydroxyl groups excluding tert-OH is 1. The number of phenolic OH excluding ortho intramolecular Hbond substituents is 1. The molecule has 2 amide bonds. The van der Waals surface area contributed by atoms with E-state index in [2.05, 4.69) is 67.4 Å². The van der Waals surface area contributed by atoms with Crippen LogP contribution in [0.1, 0.15) is 94.7 Å². The second-order valence-corrected chi connectivity index (χ2v) is 22.3. The van der Waals surface area contributed by atoms with Crippen molar-refractivity contribution in [3.8, 4) is 39.5 Å². The first-order chi connectivity index (χ1) is 37.3. The molecule has 4 aliphatic heterocycles. The first kappa shape index (κ1) is 52.1. The number of piperidine rings is 1. The van der Waals surface area contributed by atoms with Crippen molar-refractivity contribution in [3.63, 3.8) is 0 Å². The number of phenols is 1. The third kappa shape index (κ3) is 11.4. The summed E-state index contributed by atoms with van der Waals surface area (Å²) in [5.41, 5.74) is 12.9. The van der Waals surface area contributed by atoms with E-state index in [1.54, 1.807) is 36.1 Å². The number of nitrogen functional groups attached to an aromatic ring is 1. The smallest absolute Gasteiger partial charge is 0.254 e. The van der Waals surface area contributed by atoms with Gasteiger partial charge in [0.2, 0.25) is 17.7 Å². The van der Waals surface area contributed by atoms with Gasteiger partial charge in [-0.05, 0) is 74.9 Å². The van der Waals surface area contributed by atoms with Crippen molar-refractivity contribution < 1.29 is 38.5 Å². The molecule has 6 atom stereocenters. The Kier molecular flexibility index (Phi) is 15.2. The highest BCUT2D eigenvalue weighted by molar-refractivity contribution is 7.13. The molecule has 77 heavy (non-hydrogen) atoms. The van der Waals surface area contributed by atoms with Crippen molar-refractivity contribution >= 4 is 40.3 Å². The number of piperazine rings is 1. The molecule has 5 aromatic heterocycles. The highest BCUT2D eigenvalue weighted by Crippen LogP contribution is 2.41. The van der Waals surface area contributed by atoms with Crippen molar-refractivity contribution in [3.05, 3.63) is 89.6 Å². The highest BCUT2D eigenvalue weighted by Gasteiger charge is 2.45. The standard InChI is InChI=1S/C55H67N13O8S/c1-31(2)50(55(72)67-29-38(69)20-45(67)54(71)61-32(3)34-25-58-53(59-26-34)51-33(4)60-30-77-51)47-24-49(64-76-47)73-18-17-65-15-12-39(13-16-65)74-40-21-41(22-40)75-48-19-35(11-14-57-48)68-36-9-10-37(68)28-66(27-36)44-23-43(62-63-52(44)56)42-7-5-6-8-46(42)70/h5-8,11,14,19,23-26,30-32,36-41,45,50,69-70H,9-10,12-13,15-18,20-22,27-29H2,1-4H3,(H2,56,63)(H,61,71)/t32-,36+,37?,38+,40?,41?,45-,50-/m0/s1. The summed E-state index contributed by atoms with van der Waals surface area (Å²) < 4.78 is 24.7. The molecule has 11 rings (SSSR count). The number of carbonyl (C=O) groups is 2. The number of nitrogens with two attached hydrogens (primary N) is 1. The molecule has 1 unspecified atom stereocenters. The quantitative estimate of drug-likeness (QED) is 0.0776. The number of amides is 2. The number of thiazole rings is 1. The van der Waals surface area contributed by atoms with Crippen LogP contribution < -0.4 is 30.3 Å². The number of ether oxygens (including phenoxy) is 3. The number of aromatic nitrogens is 7. The lowest BCUT2D eigenvalue weighted by atomic mass is 9.91. The summed E-state index contributed by atoms with van der Waals surface area (Å²) in [6.07, 6.45) is 10.5. The number of nitrogens with one attached hydrogen (secondary N) is 1. The SMILES string of the molecule is Cc1ncsc1-c1ncc([C@H](C)NC(=O)[C@@H]2C[C@@H](O)CN2C(=O)[C@H](c2cc(OCCN3CCC(OC4CC(Oc5cc(N6C7CC[C@@H]6CN(c6cc(-c8ccccc8O)nnc6N)C7)ccn5)C4)CC3)no2)C(C)C)cn1. The first-order valence-electron chi connectivity index (χ1n) is 26.9. The monoisotopic (exact) mass is 1070 g/mol. The number of para-hydroxylation sites is 1. The summed E-state index contributed by atoms with van der Waals surface area (Å²) in [4.78, 5) is 55.3. The fourth-order valence-corrected chi connectivity index (χ4v) is 12.4. The van der Waals surface area contributed by atoms with Crippen molar-refractivity contribution in [1.29, 1.82) is 0 Å². The Bertz CT molecular complexity index is 3010. The van der Waals surface area contributed by atoms with Crippen molar-refractivity contribution in [2.45, 2.75) is 127 Å². The Morgan fingerprint density at radius 3 is 2.39 bits per heavy atom. The molecule has 6 aromatic rings. The highest BCUT2D eigenvalue weighted by atomic mass is 32.1. The van der Waals surface area contributed by atoms with Crippen LogP contribution in [0.15, 0.2) is 77.2 Å². The number of nitrogens with zero attached hydrogens (tertiary/aromatic N) is 11. The van der Waals surface area contributed by atoms with Crippen LogP contribution in [0.25, 0.3) is 22.0 Å². The van der Waals surface area contributed by atoms with Gasteiger partial charge in [0.1, 0.15) is 30.4 Å². The van der Waals surface area contributed by atoms with Crippen LogP contribution in [0, 0.1) is 12.8 Å². The molecular formula is C55H67N13O8S. The number of aliphatic hydroxyl groups is 1. The van der Waals surface area contributed by atoms with E-state index in [1.165, 1.54) is 16.2 Å². The number of anilines is 3. The van der Waals surface area contributed by atoms with Gasteiger partial charge in [-0.3, -0.25) is 14.5 Å². The van der Waals surface area contributed by atoms with E-state index in [1.807, 2.05) is 52.1 Å². The number of aryl methyl sites for hydroxylation is 1. The van der Waals surface area contributed by atoms with Gasteiger partial charge in [0.05, 0.1) is 51.8 Å². The van der Waals surface area contributed by atoms with E-state index in [-0.39, 0.29) is 66.8 Å². The molecule has 1 aliphatic carbocycles. The zero-order valence-electron chi connectivity index (χ0n) is 43.9. The van der Waals surface area contributed by atoms with E-state index >= 15 is 0 Å². The Labute approximate surface area is 451 Å². The summed E-state index contributed by atoms with van der Waals surface area (Å²) in [5.74, 6) is 0.757. The molecule has 1 saturated carbocycles. The lowest BCUT2D eigenvalue weighted by molar-refractivity contribution is -0.141. The minimum absolute atomic E-state index is 0.0281. The first-order valence-corrected chi connectivity index (χ1v) is 27.8. The summed E-state index contributed by atoms with van der Waals surface area (Å²) in [6.45, 7) is 12.0. The Morgan fingerprint density at radius 2 is 1.66 bits per heavy atom. The third-order valence-electron chi connectivity index (χ3n) is 15.8. The van der Waals surface area contributed by atoms with E-state index in [0.717, 1.165) is 86.6 Å². The van der Waals surface area contributed by atoms with Crippen molar-refractivity contribution in [2.75, 3.05) is 61.4 Å². The van der Waals surface area contributed by atoms with Gasteiger partial charge in [-0.1, -0.05) is 26.0 Å². The molecule has 0 spiro atoms. The zero-order chi connectivity index (χ0) is 53.3. The van der Waals surface area contributed by atoms with Gasteiger partial charge in [-0.2, -0.15) is 0 Å². The third-order valence-corrected chi connectivity index (χ3v) is 16.8. The lowest BCUT2D eigenvalue weighted by Crippen LogP contribution is -2.54. The summed E-state index contributed by atoms with van der Waals surface area (Å²) >= 11 is 1.47. The number of β-amino-alcohol motifs (C(OH)–C–C–N with tert-alkyl or cyclic N) is 1. The van der Waals surface area contributed by atoms with Crippen LogP contribution in [-0.2, 0) is 14.3 Å². The summed E-state index contributed by atoms with van der Waals surface area (Å²) in [5, 5.41) is 36.9. The Hall–Kier alpha value is -7.01. The number of hydrogen-bond donors (Lipinski definition) is 4. The minimum atomic E-state index is -0.870. The summed E-state index contributed by atoms with van der Waals surface area (Å²) in [7, 11) is 0. The molecule has 5 aliphatic rings. The Balaban J connectivity index is 0.601. The number of likely N-dealkylation sites (tertiary alicyclic amines) is 2. The van der Waals surface area contributed by atoms with E-state index < -0.39 is 24.1 Å². The average Bonchev–Trinajstić information content (AvgIpc) is 4.22.